The maximum Gasteiger partial charge on any atom is 0.273 e. The van der Waals surface area contributed by atoms with Crippen LogP contribution in [0.4, 0.5) is 20.2 Å². The maximum atomic E-state index is 14.2. The lowest BCUT2D eigenvalue weighted by Gasteiger charge is -2.20. The molecule has 0 spiro atoms. The summed E-state index contributed by atoms with van der Waals surface area (Å²) < 4.78 is 34.4. The van der Waals surface area contributed by atoms with Gasteiger partial charge in [0.15, 0.2) is 5.92 Å². The number of methoxy groups -OCH3 is 1. The molecule has 0 saturated carbocycles. The number of anilines is 2. The zero-order chi connectivity index (χ0) is 29.9. The van der Waals surface area contributed by atoms with Gasteiger partial charge in [0.25, 0.3) is 11.8 Å². The second kappa shape index (κ2) is 11.9. The van der Waals surface area contributed by atoms with E-state index in [2.05, 4.69) is 10.4 Å². The number of amides is 2. The van der Waals surface area contributed by atoms with E-state index in [1.54, 1.807) is 14.0 Å². The molecule has 0 saturated heterocycles. The Kier molecular flexibility index (Phi) is 8.15. The van der Waals surface area contributed by atoms with Crippen LogP contribution in [-0.4, -0.2) is 24.6 Å². The average molecular weight is 568 g/mol. The molecule has 1 atom stereocenters. The molecule has 0 aliphatic carbocycles. The van der Waals surface area contributed by atoms with Gasteiger partial charge < -0.3 is 10.1 Å². The first-order chi connectivity index (χ1) is 20.2. The average Bonchev–Trinajstić information content (AvgIpc) is 3.31. The minimum atomic E-state index is -3.03. The van der Waals surface area contributed by atoms with Crippen LogP contribution in [0.5, 0.6) is 5.75 Å². The Labute approximate surface area is 243 Å². The summed E-state index contributed by atoms with van der Waals surface area (Å²) in [6, 6.07) is 28.8. The zero-order valence-electron chi connectivity index (χ0n) is 23.6. The van der Waals surface area contributed by atoms with Gasteiger partial charge in [0.1, 0.15) is 5.75 Å². The fourth-order valence-electron chi connectivity index (χ4n) is 5.11. The Balaban J connectivity index is 1.48. The third-order valence-electron chi connectivity index (χ3n) is 7.31. The van der Waals surface area contributed by atoms with Crippen molar-refractivity contribution in [3.05, 3.63) is 114 Å². The lowest BCUT2D eigenvalue weighted by atomic mass is 9.96. The first kappa shape index (κ1) is 28.7. The smallest absolute Gasteiger partial charge is 0.273 e. The van der Waals surface area contributed by atoms with Crippen molar-refractivity contribution in [3.63, 3.8) is 0 Å². The molecule has 4 aromatic rings. The Morgan fingerprint density at radius 1 is 0.976 bits per heavy atom. The standard InChI is InChI=1S/C34H31F2N3O3/c1-4-34(35,36)26-16-11-17-27(20-26)37-32(40)30-22(2)38-39(33(30)41)28-19-25(18-23-12-7-5-8-13-23)31(42-3)29(21-28)24-14-9-6-10-15-24/h5-17,19-21,30H,4,18H2,1-3H3,(H,37,40). The molecule has 0 fully saturated rings. The number of halogens is 2. The van der Waals surface area contributed by atoms with Crippen LogP contribution in [0.25, 0.3) is 11.1 Å². The minimum absolute atomic E-state index is 0.186. The van der Waals surface area contributed by atoms with Crippen LogP contribution < -0.4 is 15.1 Å². The molecule has 0 radical (unpaired) electrons. The van der Waals surface area contributed by atoms with Crippen molar-refractivity contribution in [2.24, 2.45) is 11.0 Å². The highest BCUT2D eigenvalue weighted by molar-refractivity contribution is 6.28. The van der Waals surface area contributed by atoms with Gasteiger partial charge in [0.2, 0.25) is 5.91 Å². The van der Waals surface area contributed by atoms with Crippen molar-refractivity contribution in [3.8, 4) is 16.9 Å². The number of rotatable bonds is 9. The maximum absolute atomic E-state index is 14.2. The molecule has 1 N–H and O–H groups in total. The highest BCUT2D eigenvalue weighted by Gasteiger charge is 2.40. The highest BCUT2D eigenvalue weighted by atomic mass is 19.3. The molecule has 1 unspecified atom stereocenters. The van der Waals surface area contributed by atoms with E-state index in [0.717, 1.165) is 22.3 Å². The van der Waals surface area contributed by atoms with Crippen molar-refractivity contribution in [2.45, 2.75) is 32.6 Å². The van der Waals surface area contributed by atoms with Gasteiger partial charge in [-0.1, -0.05) is 79.7 Å². The number of alkyl halides is 2. The van der Waals surface area contributed by atoms with Crippen LogP contribution >= 0.6 is 0 Å². The van der Waals surface area contributed by atoms with Crippen LogP contribution in [0.2, 0.25) is 0 Å². The topological polar surface area (TPSA) is 71.0 Å². The Hall–Kier alpha value is -4.85. The summed E-state index contributed by atoms with van der Waals surface area (Å²) >= 11 is 0. The Morgan fingerprint density at radius 3 is 2.33 bits per heavy atom. The van der Waals surface area contributed by atoms with E-state index in [-0.39, 0.29) is 17.7 Å². The van der Waals surface area contributed by atoms with Crippen LogP contribution in [0.3, 0.4) is 0 Å². The lowest BCUT2D eigenvalue weighted by Crippen LogP contribution is -2.36. The van der Waals surface area contributed by atoms with Gasteiger partial charge >= 0.3 is 0 Å². The summed E-state index contributed by atoms with van der Waals surface area (Å²) in [5, 5.41) is 8.34. The van der Waals surface area contributed by atoms with E-state index in [9.17, 15) is 18.4 Å². The monoisotopic (exact) mass is 567 g/mol. The summed E-state index contributed by atoms with van der Waals surface area (Å²) in [5.74, 6) is -4.73. The van der Waals surface area contributed by atoms with Gasteiger partial charge in [-0.3, -0.25) is 9.59 Å². The Bertz CT molecular complexity index is 1640. The second-order valence-corrected chi connectivity index (χ2v) is 10.2. The van der Waals surface area contributed by atoms with Crippen LogP contribution in [0, 0.1) is 5.92 Å². The number of hydrazone groups is 1. The summed E-state index contributed by atoms with van der Waals surface area (Å²) in [6.45, 7) is 3.00. The molecule has 1 heterocycles. The minimum Gasteiger partial charge on any atom is -0.496 e. The SMILES string of the molecule is CCC(F)(F)c1cccc(NC(=O)C2C(=O)N(c3cc(Cc4ccccc4)c(OC)c(-c4ccccc4)c3)N=C2C)c1. The van der Waals surface area contributed by atoms with E-state index in [1.807, 2.05) is 72.8 Å². The number of carbonyl (C=O) groups excluding carboxylic acids is 2. The lowest BCUT2D eigenvalue weighted by molar-refractivity contribution is -0.127. The summed E-state index contributed by atoms with van der Waals surface area (Å²) in [6.07, 6.45) is 0.177. The highest BCUT2D eigenvalue weighted by Crippen LogP contribution is 2.40. The first-order valence-electron chi connectivity index (χ1n) is 13.7. The van der Waals surface area contributed by atoms with Crippen LogP contribution in [-0.2, 0) is 21.9 Å². The zero-order valence-corrected chi connectivity index (χ0v) is 23.6. The number of carbonyl (C=O) groups is 2. The third kappa shape index (κ3) is 5.79. The van der Waals surface area contributed by atoms with Gasteiger partial charge in [-0.15, -0.1) is 0 Å². The molecular weight excluding hydrogens is 536 g/mol. The van der Waals surface area contributed by atoms with E-state index in [1.165, 1.54) is 36.2 Å². The van der Waals surface area contributed by atoms with Gasteiger partial charge in [0, 0.05) is 35.2 Å². The predicted octanol–water partition coefficient (Wildman–Crippen LogP) is 7.43. The molecule has 0 aromatic heterocycles. The largest absolute Gasteiger partial charge is 0.496 e. The molecule has 214 valence electrons. The van der Waals surface area contributed by atoms with E-state index in [4.69, 9.17) is 4.74 Å². The van der Waals surface area contributed by atoms with E-state index >= 15 is 0 Å². The van der Waals surface area contributed by atoms with Crippen molar-refractivity contribution in [2.75, 3.05) is 17.4 Å². The van der Waals surface area contributed by atoms with Crippen molar-refractivity contribution in [1.29, 1.82) is 0 Å². The summed E-state index contributed by atoms with van der Waals surface area (Å²) in [4.78, 5) is 27.0. The van der Waals surface area contributed by atoms with Gasteiger partial charge in [0.05, 0.1) is 18.5 Å². The number of nitrogens with zero attached hydrogens (tertiary/aromatic N) is 2. The predicted molar refractivity (Wildman–Crippen MR) is 161 cm³/mol. The van der Waals surface area contributed by atoms with E-state index in [0.29, 0.717) is 23.6 Å². The van der Waals surface area contributed by atoms with Crippen LogP contribution in [0.1, 0.15) is 37.0 Å². The van der Waals surface area contributed by atoms with Gasteiger partial charge in [-0.2, -0.15) is 10.1 Å². The summed E-state index contributed by atoms with van der Waals surface area (Å²) in [7, 11) is 1.62. The number of hydrogen-bond acceptors (Lipinski definition) is 4. The third-order valence-corrected chi connectivity index (χ3v) is 7.31. The molecule has 5 rings (SSSR count). The molecule has 8 heteroatoms. The van der Waals surface area contributed by atoms with Crippen molar-refractivity contribution in [1.82, 2.24) is 0 Å². The molecule has 1 aliphatic heterocycles. The van der Waals surface area contributed by atoms with Gasteiger partial charge in [-0.05, 0) is 42.3 Å². The van der Waals surface area contributed by atoms with Crippen molar-refractivity contribution >= 4 is 28.9 Å². The second-order valence-electron chi connectivity index (χ2n) is 10.2. The quantitative estimate of drug-likeness (QED) is 0.214. The molecular formula is C34H31F2N3O3. The number of ether oxygens (including phenoxy) is 1. The van der Waals surface area contributed by atoms with E-state index < -0.39 is 23.7 Å². The Morgan fingerprint density at radius 2 is 1.67 bits per heavy atom. The number of nitrogens with one attached hydrogen (secondary N) is 1. The fraction of sp³-hybridized carbons (Fsp3) is 0.206. The molecule has 0 bridgehead atoms. The van der Waals surface area contributed by atoms with Crippen LogP contribution in [0.15, 0.2) is 102 Å². The summed E-state index contributed by atoms with van der Waals surface area (Å²) in [5.41, 5.74) is 4.37. The normalized spacial score (nSPS) is 15.0. The molecule has 1 aliphatic rings. The molecule has 2 amide bonds. The number of hydrogen-bond donors (Lipinski definition) is 1. The fourth-order valence-corrected chi connectivity index (χ4v) is 5.11. The van der Waals surface area contributed by atoms with Crippen molar-refractivity contribution < 1.29 is 23.1 Å². The first-order valence-corrected chi connectivity index (χ1v) is 13.7. The molecule has 42 heavy (non-hydrogen) atoms. The molecule has 6 nitrogen and oxygen atoms in total. The molecule has 4 aromatic carbocycles. The number of benzene rings is 4. The van der Waals surface area contributed by atoms with Gasteiger partial charge in [-0.25, -0.2) is 8.78 Å².